The van der Waals surface area contributed by atoms with Crippen LogP contribution in [0.4, 0.5) is 0 Å². The van der Waals surface area contributed by atoms with Crippen LogP contribution in [-0.4, -0.2) is 19.2 Å². The van der Waals surface area contributed by atoms with E-state index < -0.39 is 0 Å². The third-order valence-electron chi connectivity index (χ3n) is 2.70. The van der Waals surface area contributed by atoms with Crippen LogP contribution in [0.1, 0.15) is 29.8 Å². The Morgan fingerprint density at radius 2 is 2.29 bits per heavy atom. The second kappa shape index (κ2) is 5.04. The standard InChI is InChI=1S/C14H16O3/c1-3-16-14(15)12-6-7-13-11(8-12)5-4-10(2)9-17-13/h4,6-8H,3,5,9H2,1-2H3. The molecule has 1 aliphatic rings. The number of carbonyl (C=O) groups is 1. The van der Waals surface area contributed by atoms with Crippen molar-refractivity contribution in [1.29, 1.82) is 0 Å². The molecule has 0 fully saturated rings. The van der Waals surface area contributed by atoms with Crippen LogP contribution in [0.15, 0.2) is 29.8 Å². The number of hydrogen-bond donors (Lipinski definition) is 0. The Kier molecular flexibility index (Phi) is 3.47. The van der Waals surface area contributed by atoms with Crippen molar-refractivity contribution < 1.29 is 14.3 Å². The van der Waals surface area contributed by atoms with Gasteiger partial charge in [0.15, 0.2) is 0 Å². The lowest BCUT2D eigenvalue weighted by Crippen LogP contribution is -2.05. The first kappa shape index (κ1) is 11.7. The fourth-order valence-electron chi connectivity index (χ4n) is 1.76. The normalized spacial score (nSPS) is 14.1. The molecule has 3 nitrogen and oxygen atoms in total. The lowest BCUT2D eigenvalue weighted by molar-refractivity contribution is 0.0526. The molecule has 0 radical (unpaired) electrons. The number of hydrogen-bond acceptors (Lipinski definition) is 3. The second-order valence-corrected chi connectivity index (χ2v) is 4.09. The number of esters is 1. The molecule has 1 heterocycles. The molecule has 0 amide bonds. The molecule has 0 aromatic heterocycles. The molecule has 1 aliphatic heterocycles. The molecular weight excluding hydrogens is 216 g/mol. The van der Waals surface area contributed by atoms with Gasteiger partial charge in [0.25, 0.3) is 0 Å². The number of ether oxygens (including phenoxy) is 2. The molecule has 90 valence electrons. The topological polar surface area (TPSA) is 35.5 Å². The molecule has 2 rings (SSSR count). The van der Waals surface area contributed by atoms with Gasteiger partial charge in [0.05, 0.1) is 12.2 Å². The van der Waals surface area contributed by atoms with Crippen LogP contribution in [0.2, 0.25) is 0 Å². The van der Waals surface area contributed by atoms with Gasteiger partial charge >= 0.3 is 5.97 Å². The summed E-state index contributed by atoms with van der Waals surface area (Å²) in [5.41, 5.74) is 2.83. The predicted molar refractivity (Wildman–Crippen MR) is 65.4 cm³/mol. The highest BCUT2D eigenvalue weighted by atomic mass is 16.5. The molecule has 0 saturated heterocycles. The van der Waals surface area contributed by atoms with Crippen molar-refractivity contribution in [2.75, 3.05) is 13.2 Å². The number of carbonyl (C=O) groups excluding carboxylic acids is 1. The van der Waals surface area contributed by atoms with E-state index in [0.717, 1.165) is 17.7 Å². The smallest absolute Gasteiger partial charge is 0.338 e. The Hall–Kier alpha value is -1.77. The monoisotopic (exact) mass is 232 g/mol. The van der Waals surface area contributed by atoms with Crippen molar-refractivity contribution in [2.24, 2.45) is 0 Å². The third kappa shape index (κ3) is 2.67. The summed E-state index contributed by atoms with van der Waals surface area (Å²) in [4.78, 5) is 11.6. The van der Waals surface area contributed by atoms with Gasteiger partial charge < -0.3 is 9.47 Å². The first-order chi connectivity index (χ1) is 8.20. The van der Waals surface area contributed by atoms with Gasteiger partial charge in [-0.25, -0.2) is 4.79 Å². The zero-order valence-corrected chi connectivity index (χ0v) is 10.2. The van der Waals surface area contributed by atoms with Gasteiger partial charge in [-0.3, -0.25) is 0 Å². The Morgan fingerprint density at radius 1 is 1.47 bits per heavy atom. The van der Waals surface area contributed by atoms with Gasteiger partial charge in [-0.2, -0.15) is 0 Å². The highest BCUT2D eigenvalue weighted by molar-refractivity contribution is 5.89. The van der Waals surface area contributed by atoms with E-state index in [1.807, 2.05) is 19.1 Å². The SMILES string of the molecule is CCOC(=O)c1ccc2c(c1)CC=C(C)CO2. The molecular formula is C14H16O3. The van der Waals surface area contributed by atoms with E-state index in [1.54, 1.807) is 13.0 Å². The van der Waals surface area contributed by atoms with Crippen LogP contribution >= 0.6 is 0 Å². The largest absolute Gasteiger partial charge is 0.489 e. The molecule has 0 unspecified atom stereocenters. The molecule has 0 saturated carbocycles. The van der Waals surface area contributed by atoms with Crippen LogP contribution in [-0.2, 0) is 11.2 Å². The Labute approximate surface area is 101 Å². The molecule has 0 bridgehead atoms. The van der Waals surface area contributed by atoms with Crippen LogP contribution in [0.3, 0.4) is 0 Å². The average molecular weight is 232 g/mol. The molecule has 3 heteroatoms. The number of benzene rings is 1. The summed E-state index contributed by atoms with van der Waals surface area (Å²) < 4.78 is 10.6. The van der Waals surface area contributed by atoms with Gasteiger partial charge in [0, 0.05) is 0 Å². The summed E-state index contributed by atoms with van der Waals surface area (Å²) in [5.74, 6) is 0.575. The van der Waals surface area contributed by atoms with Gasteiger partial charge in [0.1, 0.15) is 12.4 Å². The molecule has 0 atom stereocenters. The molecule has 17 heavy (non-hydrogen) atoms. The van der Waals surface area contributed by atoms with E-state index >= 15 is 0 Å². The van der Waals surface area contributed by atoms with Gasteiger partial charge in [-0.05, 0) is 49.6 Å². The summed E-state index contributed by atoms with van der Waals surface area (Å²) >= 11 is 0. The van der Waals surface area contributed by atoms with Crippen LogP contribution in [0, 0.1) is 0 Å². The van der Waals surface area contributed by atoms with Gasteiger partial charge in [-0.1, -0.05) is 6.08 Å². The fourth-order valence-corrected chi connectivity index (χ4v) is 1.76. The minimum atomic E-state index is -0.278. The summed E-state index contributed by atoms with van der Waals surface area (Å²) in [6.07, 6.45) is 2.93. The lowest BCUT2D eigenvalue weighted by atomic mass is 10.1. The number of rotatable bonds is 2. The summed E-state index contributed by atoms with van der Waals surface area (Å²) in [5, 5.41) is 0. The maximum Gasteiger partial charge on any atom is 0.338 e. The van der Waals surface area contributed by atoms with Crippen LogP contribution in [0.5, 0.6) is 5.75 Å². The maximum atomic E-state index is 11.6. The quantitative estimate of drug-likeness (QED) is 0.581. The van der Waals surface area contributed by atoms with E-state index in [0.29, 0.717) is 18.8 Å². The van der Waals surface area contributed by atoms with Crippen molar-refractivity contribution in [3.05, 3.63) is 41.0 Å². The van der Waals surface area contributed by atoms with Gasteiger partial charge in [-0.15, -0.1) is 0 Å². The fraction of sp³-hybridized carbons (Fsp3) is 0.357. The summed E-state index contributed by atoms with van der Waals surface area (Å²) in [6.45, 7) is 4.85. The lowest BCUT2D eigenvalue weighted by Gasteiger charge is -2.09. The molecule has 1 aromatic rings. The Bertz CT molecular complexity index is 461. The molecule has 0 spiro atoms. The van der Waals surface area contributed by atoms with Gasteiger partial charge in [0.2, 0.25) is 0 Å². The summed E-state index contributed by atoms with van der Waals surface area (Å²) in [7, 11) is 0. The first-order valence-electron chi connectivity index (χ1n) is 5.79. The maximum absolute atomic E-state index is 11.6. The van der Waals surface area contributed by atoms with Crippen molar-refractivity contribution in [2.45, 2.75) is 20.3 Å². The van der Waals surface area contributed by atoms with E-state index in [1.165, 1.54) is 5.57 Å². The molecule has 1 aromatic carbocycles. The van der Waals surface area contributed by atoms with Crippen LogP contribution < -0.4 is 4.74 Å². The average Bonchev–Trinajstić information content (AvgIpc) is 2.52. The number of allylic oxidation sites excluding steroid dienone is 1. The Morgan fingerprint density at radius 3 is 3.06 bits per heavy atom. The van der Waals surface area contributed by atoms with Crippen molar-refractivity contribution in [1.82, 2.24) is 0 Å². The first-order valence-corrected chi connectivity index (χ1v) is 5.79. The van der Waals surface area contributed by atoms with Crippen molar-refractivity contribution in [3.8, 4) is 5.75 Å². The zero-order chi connectivity index (χ0) is 12.3. The predicted octanol–water partition coefficient (Wildman–Crippen LogP) is 2.74. The van der Waals surface area contributed by atoms with E-state index in [-0.39, 0.29) is 5.97 Å². The van der Waals surface area contributed by atoms with Crippen molar-refractivity contribution in [3.63, 3.8) is 0 Å². The van der Waals surface area contributed by atoms with E-state index in [2.05, 4.69) is 6.08 Å². The summed E-state index contributed by atoms with van der Waals surface area (Å²) in [6, 6.07) is 5.44. The zero-order valence-electron chi connectivity index (χ0n) is 10.2. The minimum absolute atomic E-state index is 0.278. The van der Waals surface area contributed by atoms with Crippen molar-refractivity contribution >= 4 is 5.97 Å². The van der Waals surface area contributed by atoms with E-state index in [4.69, 9.17) is 9.47 Å². The molecule has 0 aliphatic carbocycles. The number of fused-ring (bicyclic) bond motifs is 1. The molecule has 0 N–H and O–H groups in total. The third-order valence-corrected chi connectivity index (χ3v) is 2.70. The highest BCUT2D eigenvalue weighted by Crippen LogP contribution is 2.24. The van der Waals surface area contributed by atoms with E-state index in [9.17, 15) is 4.79 Å². The Balaban J connectivity index is 2.27. The minimum Gasteiger partial charge on any atom is -0.489 e. The van der Waals surface area contributed by atoms with Crippen LogP contribution in [0.25, 0.3) is 0 Å². The second-order valence-electron chi connectivity index (χ2n) is 4.09. The highest BCUT2D eigenvalue weighted by Gasteiger charge is 2.12.